The van der Waals surface area contributed by atoms with Crippen LogP contribution in [0.5, 0.6) is 0 Å². The SMILES string of the molecule is C[C@@H](N)c1nc(N)no1. The van der Waals surface area contributed by atoms with Gasteiger partial charge in [0.25, 0.3) is 5.95 Å². The number of anilines is 1. The maximum Gasteiger partial charge on any atom is 0.260 e. The van der Waals surface area contributed by atoms with Crippen LogP contribution in [0.2, 0.25) is 0 Å². The lowest BCUT2D eigenvalue weighted by atomic mass is 10.4. The van der Waals surface area contributed by atoms with Gasteiger partial charge in [0.15, 0.2) is 0 Å². The molecule has 0 saturated heterocycles. The third-order valence-electron chi connectivity index (χ3n) is 0.847. The van der Waals surface area contributed by atoms with Crippen molar-refractivity contribution in [3.63, 3.8) is 0 Å². The Bertz CT molecular complexity index is 194. The summed E-state index contributed by atoms with van der Waals surface area (Å²) < 4.78 is 4.61. The zero-order valence-corrected chi connectivity index (χ0v) is 5.03. The average Bonchev–Trinajstić information content (AvgIpc) is 2.14. The number of hydrogen-bond acceptors (Lipinski definition) is 5. The Labute approximate surface area is 52.0 Å². The van der Waals surface area contributed by atoms with Crippen molar-refractivity contribution in [1.29, 1.82) is 0 Å². The van der Waals surface area contributed by atoms with Gasteiger partial charge in [-0.1, -0.05) is 0 Å². The third kappa shape index (κ3) is 1.17. The van der Waals surface area contributed by atoms with Gasteiger partial charge in [-0.3, -0.25) is 0 Å². The molecule has 1 aromatic heterocycles. The van der Waals surface area contributed by atoms with Crippen LogP contribution >= 0.6 is 0 Å². The summed E-state index contributed by atoms with van der Waals surface area (Å²) >= 11 is 0. The van der Waals surface area contributed by atoms with E-state index >= 15 is 0 Å². The molecule has 0 aromatic carbocycles. The monoisotopic (exact) mass is 128 g/mol. The molecular weight excluding hydrogens is 120 g/mol. The number of nitrogens with zero attached hydrogens (tertiary/aromatic N) is 2. The zero-order chi connectivity index (χ0) is 6.85. The van der Waals surface area contributed by atoms with Crippen LogP contribution in [0, 0.1) is 0 Å². The van der Waals surface area contributed by atoms with Gasteiger partial charge in [0, 0.05) is 0 Å². The van der Waals surface area contributed by atoms with Crippen LogP contribution in [-0.4, -0.2) is 10.1 Å². The lowest BCUT2D eigenvalue weighted by Gasteiger charge is -1.91. The third-order valence-corrected chi connectivity index (χ3v) is 0.847. The van der Waals surface area contributed by atoms with E-state index in [9.17, 15) is 0 Å². The summed E-state index contributed by atoms with van der Waals surface area (Å²) in [5, 5.41) is 3.35. The van der Waals surface area contributed by atoms with Crippen LogP contribution in [-0.2, 0) is 0 Å². The predicted molar refractivity (Wildman–Crippen MR) is 31.3 cm³/mol. The molecule has 0 unspecified atom stereocenters. The van der Waals surface area contributed by atoms with Crippen molar-refractivity contribution in [3.05, 3.63) is 5.89 Å². The fourth-order valence-electron chi connectivity index (χ4n) is 0.432. The van der Waals surface area contributed by atoms with Gasteiger partial charge < -0.3 is 16.0 Å². The minimum Gasteiger partial charge on any atom is -0.365 e. The summed E-state index contributed by atoms with van der Waals surface area (Å²) in [4.78, 5) is 3.69. The molecule has 1 rings (SSSR count). The molecule has 0 bridgehead atoms. The van der Waals surface area contributed by atoms with E-state index in [2.05, 4.69) is 14.7 Å². The molecule has 0 aliphatic carbocycles. The average molecular weight is 128 g/mol. The smallest absolute Gasteiger partial charge is 0.260 e. The van der Waals surface area contributed by atoms with E-state index < -0.39 is 0 Å². The van der Waals surface area contributed by atoms with Crippen LogP contribution in [0.3, 0.4) is 0 Å². The fourth-order valence-corrected chi connectivity index (χ4v) is 0.432. The fraction of sp³-hybridized carbons (Fsp3) is 0.500. The van der Waals surface area contributed by atoms with Crippen LogP contribution in [0.4, 0.5) is 5.95 Å². The summed E-state index contributed by atoms with van der Waals surface area (Å²) in [6.45, 7) is 1.74. The van der Waals surface area contributed by atoms with Crippen molar-refractivity contribution in [2.75, 3.05) is 5.73 Å². The summed E-state index contributed by atoms with van der Waals surface area (Å²) in [6.07, 6.45) is 0. The van der Waals surface area contributed by atoms with Crippen molar-refractivity contribution >= 4 is 5.95 Å². The highest BCUT2D eigenvalue weighted by molar-refractivity contribution is 5.11. The highest BCUT2D eigenvalue weighted by Crippen LogP contribution is 2.05. The first kappa shape index (κ1) is 6.03. The minimum absolute atomic E-state index is 0.127. The van der Waals surface area contributed by atoms with E-state index in [4.69, 9.17) is 11.5 Å². The van der Waals surface area contributed by atoms with Crippen molar-refractivity contribution < 1.29 is 4.52 Å². The Morgan fingerprint density at radius 2 is 2.33 bits per heavy atom. The maximum absolute atomic E-state index is 5.38. The summed E-state index contributed by atoms with van der Waals surface area (Å²) in [5.41, 5.74) is 10.5. The molecule has 5 heteroatoms. The van der Waals surface area contributed by atoms with Crippen LogP contribution in [0.25, 0.3) is 0 Å². The number of nitrogen functional groups attached to an aromatic ring is 1. The van der Waals surface area contributed by atoms with Crippen LogP contribution in [0.1, 0.15) is 18.9 Å². The molecule has 0 fully saturated rings. The topological polar surface area (TPSA) is 91.0 Å². The van der Waals surface area contributed by atoms with Crippen molar-refractivity contribution in [2.45, 2.75) is 13.0 Å². The van der Waals surface area contributed by atoms with E-state index in [1.807, 2.05) is 0 Å². The van der Waals surface area contributed by atoms with E-state index in [0.717, 1.165) is 0 Å². The molecule has 0 saturated carbocycles. The molecule has 1 atom stereocenters. The lowest BCUT2D eigenvalue weighted by molar-refractivity contribution is 0.362. The molecular formula is C4H8N4O. The lowest BCUT2D eigenvalue weighted by Crippen LogP contribution is -2.05. The van der Waals surface area contributed by atoms with Gasteiger partial charge in [0.2, 0.25) is 5.89 Å². The van der Waals surface area contributed by atoms with Gasteiger partial charge in [-0.05, 0) is 12.1 Å². The Balaban J connectivity index is 2.85. The van der Waals surface area contributed by atoms with Crippen molar-refractivity contribution in [1.82, 2.24) is 10.1 Å². The number of rotatable bonds is 1. The molecule has 0 spiro atoms. The molecule has 9 heavy (non-hydrogen) atoms. The van der Waals surface area contributed by atoms with Crippen molar-refractivity contribution in [2.24, 2.45) is 5.73 Å². The number of hydrogen-bond donors (Lipinski definition) is 2. The predicted octanol–water partition coefficient (Wildman–Crippen LogP) is -0.328. The Hall–Kier alpha value is -1.10. The number of nitrogens with two attached hydrogens (primary N) is 2. The van der Waals surface area contributed by atoms with Gasteiger partial charge >= 0.3 is 0 Å². The van der Waals surface area contributed by atoms with Crippen LogP contribution < -0.4 is 11.5 Å². The standard InChI is InChI=1S/C4H8N4O/c1-2(5)3-7-4(6)8-9-3/h2H,5H2,1H3,(H2,6,8)/t2-/m1/s1. The van der Waals surface area contributed by atoms with E-state index in [-0.39, 0.29) is 12.0 Å². The quantitative estimate of drug-likeness (QED) is 0.540. The second kappa shape index (κ2) is 2.02. The molecule has 0 amide bonds. The second-order valence-corrected chi connectivity index (χ2v) is 1.78. The highest BCUT2D eigenvalue weighted by atomic mass is 16.5. The molecule has 0 aliphatic heterocycles. The Morgan fingerprint density at radius 1 is 1.67 bits per heavy atom. The largest absolute Gasteiger partial charge is 0.365 e. The first-order valence-corrected chi connectivity index (χ1v) is 2.55. The Morgan fingerprint density at radius 3 is 2.56 bits per heavy atom. The maximum atomic E-state index is 5.38. The van der Waals surface area contributed by atoms with E-state index in [0.29, 0.717) is 5.89 Å². The van der Waals surface area contributed by atoms with Gasteiger partial charge in [0.1, 0.15) is 0 Å². The first-order chi connectivity index (χ1) is 4.20. The molecule has 1 aromatic rings. The van der Waals surface area contributed by atoms with Crippen LogP contribution in [0.15, 0.2) is 4.52 Å². The number of aromatic nitrogens is 2. The highest BCUT2D eigenvalue weighted by Gasteiger charge is 2.06. The molecule has 0 radical (unpaired) electrons. The molecule has 0 aliphatic rings. The summed E-state index contributed by atoms with van der Waals surface area (Å²) in [7, 11) is 0. The van der Waals surface area contributed by atoms with Gasteiger partial charge in [-0.25, -0.2) is 0 Å². The molecule has 50 valence electrons. The Kier molecular flexibility index (Phi) is 1.35. The normalized spacial score (nSPS) is 13.6. The zero-order valence-electron chi connectivity index (χ0n) is 5.03. The molecule has 5 nitrogen and oxygen atoms in total. The van der Waals surface area contributed by atoms with Gasteiger partial charge in [0.05, 0.1) is 6.04 Å². The minimum atomic E-state index is -0.241. The molecule has 1 heterocycles. The summed E-state index contributed by atoms with van der Waals surface area (Å²) in [5.74, 6) is 0.495. The second-order valence-electron chi connectivity index (χ2n) is 1.78. The van der Waals surface area contributed by atoms with Crippen molar-refractivity contribution in [3.8, 4) is 0 Å². The van der Waals surface area contributed by atoms with E-state index in [1.54, 1.807) is 6.92 Å². The van der Waals surface area contributed by atoms with Gasteiger partial charge in [-0.15, -0.1) is 0 Å². The van der Waals surface area contributed by atoms with E-state index in [1.165, 1.54) is 0 Å². The first-order valence-electron chi connectivity index (χ1n) is 2.55. The summed E-state index contributed by atoms with van der Waals surface area (Å²) in [6, 6.07) is -0.241. The molecule has 4 N–H and O–H groups in total. The van der Waals surface area contributed by atoms with Gasteiger partial charge in [-0.2, -0.15) is 4.98 Å².